The highest BCUT2D eigenvalue weighted by atomic mass is 16.2. The zero-order valence-electron chi connectivity index (χ0n) is 16.0. The summed E-state index contributed by atoms with van der Waals surface area (Å²) in [5, 5.41) is 14.3. The van der Waals surface area contributed by atoms with Crippen LogP contribution in [-0.2, 0) is 17.9 Å². The van der Waals surface area contributed by atoms with Crippen LogP contribution in [0.25, 0.3) is 11.3 Å². The van der Waals surface area contributed by atoms with Crippen LogP contribution in [0.5, 0.6) is 0 Å². The largest absolute Gasteiger partial charge is 0.357 e. The van der Waals surface area contributed by atoms with Gasteiger partial charge in [-0.25, -0.2) is 14.6 Å². The molecule has 0 aliphatic rings. The Morgan fingerprint density at radius 3 is 2.81 bits per heavy atom. The first-order valence-corrected chi connectivity index (χ1v) is 8.82. The van der Waals surface area contributed by atoms with Gasteiger partial charge in [0.15, 0.2) is 0 Å². The number of carbonyl (C=O) groups excluding carboxylic acids is 1. The molecule has 0 bridgehead atoms. The van der Waals surface area contributed by atoms with E-state index in [0.717, 1.165) is 23.5 Å². The lowest BCUT2D eigenvalue weighted by molar-refractivity contribution is -0.117. The highest BCUT2D eigenvalue weighted by Gasteiger charge is 2.11. The fraction of sp³-hybridized carbons (Fsp3) is 0.389. The molecule has 0 saturated carbocycles. The maximum Gasteiger partial charge on any atom is 0.247 e. The van der Waals surface area contributed by atoms with Crippen molar-refractivity contribution in [3.8, 4) is 11.3 Å². The van der Waals surface area contributed by atoms with Crippen LogP contribution in [0.2, 0.25) is 0 Å². The minimum atomic E-state index is -0.162. The number of anilines is 2. The Morgan fingerprint density at radius 2 is 2.07 bits per heavy atom. The highest BCUT2D eigenvalue weighted by Crippen LogP contribution is 2.18. The topological polar surface area (TPSA) is 103 Å². The third-order valence-electron chi connectivity index (χ3n) is 3.83. The van der Waals surface area contributed by atoms with Gasteiger partial charge in [0.2, 0.25) is 11.9 Å². The number of hydrogen-bond donors (Lipinski definition) is 2. The summed E-state index contributed by atoms with van der Waals surface area (Å²) in [5.74, 6) is 1.51. The van der Waals surface area contributed by atoms with Crippen molar-refractivity contribution in [1.29, 1.82) is 0 Å². The first kappa shape index (κ1) is 18.6. The van der Waals surface area contributed by atoms with E-state index in [2.05, 4.69) is 44.6 Å². The molecule has 0 aliphatic carbocycles. The molecule has 9 nitrogen and oxygen atoms in total. The monoisotopic (exact) mass is 368 g/mol. The molecule has 1 amide bonds. The lowest BCUT2D eigenvalue weighted by Crippen LogP contribution is -2.21. The van der Waals surface area contributed by atoms with Crippen molar-refractivity contribution in [2.45, 2.75) is 33.9 Å². The Bertz CT molecular complexity index is 927. The molecule has 0 aliphatic heterocycles. The standard InChI is InChI=1S/C18H24N8O/c1-12(2)9-26-16(5-6-20-26)24-17(27)11-25-10-14(8-21-25)15-7-13(3)22-18(19-4)23-15/h5-8,10,12H,9,11H2,1-4H3,(H,24,27)(H,19,22,23). The van der Waals surface area contributed by atoms with Gasteiger partial charge in [-0.1, -0.05) is 13.8 Å². The molecular weight excluding hydrogens is 344 g/mol. The third kappa shape index (κ3) is 4.69. The molecule has 3 aromatic heterocycles. The summed E-state index contributed by atoms with van der Waals surface area (Å²) in [6, 6.07) is 3.67. The lowest BCUT2D eigenvalue weighted by atomic mass is 10.2. The quantitative estimate of drug-likeness (QED) is 0.663. The van der Waals surface area contributed by atoms with Crippen molar-refractivity contribution < 1.29 is 4.79 Å². The van der Waals surface area contributed by atoms with Crippen LogP contribution in [0.1, 0.15) is 19.5 Å². The fourth-order valence-electron chi connectivity index (χ4n) is 2.67. The molecule has 3 heterocycles. The van der Waals surface area contributed by atoms with Crippen LogP contribution in [0.4, 0.5) is 11.8 Å². The average Bonchev–Trinajstić information content (AvgIpc) is 3.24. The van der Waals surface area contributed by atoms with Crippen molar-refractivity contribution in [3.05, 3.63) is 36.4 Å². The molecule has 0 spiro atoms. The van der Waals surface area contributed by atoms with Crippen molar-refractivity contribution in [3.63, 3.8) is 0 Å². The van der Waals surface area contributed by atoms with Crippen LogP contribution in [0, 0.1) is 12.8 Å². The number of nitrogens with one attached hydrogen (secondary N) is 2. The minimum absolute atomic E-state index is 0.107. The summed E-state index contributed by atoms with van der Waals surface area (Å²) in [6.45, 7) is 6.97. The van der Waals surface area contributed by atoms with Crippen LogP contribution in [-0.4, -0.2) is 42.5 Å². The van der Waals surface area contributed by atoms with Gasteiger partial charge in [0.25, 0.3) is 0 Å². The molecule has 9 heteroatoms. The number of amides is 1. The summed E-state index contributed by atoms with van der Waals surface area (Å²) >= 11 is 0. The first-order valence-electron chi connectivity index (χ1n) is 8.82. The van der Waals surface area contributed by atoms with Gasteiger partial charge in [-0.3, -0.25) is 9.48 Å². The first-order chi connectivity index (χ1) is 12.9. The summed E-state index contributed by atoms with van der Waals surface area (Å²) in [4.78, 5) is 21.1. The van der Waals surface area contributed by atoms with Crippen LogP contribution < -0.4 is 10.6 Å². The number of aryl methyl sites for hydroxylation is 1. The zero-order valence-corrected chi connectivity index (χ0v) is 16.0. The van der Waals surface area contributed by atoms with E-state index >= 15 is 0 Å². The summed E-state index contributed by atoms with van der Waals surface area (Å²) in [7, 11) is 1.77. The number of rotatable bonds is 7. The molecule has 3 rings (SSSR count). The molecule has 0 fully saturated rings. The van der Waals surface area contributed by atoms with Gasteiger partial charge in [-0.05, 0) is 18.9 Å². The van der Waals surface area contributed by atoms with E-state index in [0.29, 0.717) is 17.7 Å². The second-order valence-electron chi connectivity index (χ2n) is 6.74. The molecular formula is C18H24N8O. The van der Waals surface area contributed by atoms with E-state index in [1.165, 1.54) is 0 Å². The fourth-order valence-corrected chi connectivity index (χ4v) is 2.67. The van der Waals surface area contributed by atoms with Crippen molar-refractivity contribution >= 4 is 17.7 Å². The Labute approximate surface area is 157 Å². The Morgan fingerprint density at radius 1 is 1.26 bits per heavy atom. The Hall–Kier alpha value is -3.23. The maximum absolute atomic E-state index is 12.4. The van der Waals surface area contributed by atoms with Gasteiger partial charge in [-0.15, -0.1) is 0 Å². The number of nitrogens with zero attached hydrogens (tertiary/aromatic N) is 6. The smallest absolute Gasteiger partial charge is 0.247 e. The maximum atomic E-state index is 12.4. The van der Waals surface area contributed by atoms with Crippen molar-refractivity contribution in [2.75, 3.05) is 17.7 Å². The number of carbonyl (C=O) groups is 1. The van der Waals surface area contributed by atoms with Gasteiger partial charge in [0.05, 0.1) is 18.1 Å². The predicted octanol–water partition coefficient (Wildman–Crippen LogP) is 2.18. The number of hydrogen-bond acceptors (Lipinski definition) is 6. The minimum Gasteiger partial charge on any atom is -0.357 e. The average molecular weight is 368 g/mol. The van der Waals surface area contributed by atoms with Crippen molar-refractivity contribution in [2.24, 2.45) is 5.92 Å². The molecule has 0 unspecified atom stereocenters. The Balaban J connectivity index is 1.68. The second-order valence-corrected chi connectivity index (χ2v) is 6.74. The summed E-state index contributed by atoms with van der Waals surface area (Å²) in [5.41, 5.74) is 2.44. The molecule has 0 atom stereocenters. The predicted molar refractivity (Wildman–Crippen MR) is 103 cm³/mol. The van der Waals surface area contributed by atoms with E-state index in [9.17, 15) is 4.79 Å². The second kappa shape index (κ2) is 7.98. The zero-order chi connectivity index (χ0) is 19.4. The van der Waals surface area contributed by atoms with Crippen LogP contribution >= 0.6 is 0 Å². The van der Waals surface area contributed by atoms with Gasteiger partial charge in [-0.2, -0.15) is 10.2 Å². The molecule has 2 N–H and O–H groups in total. The lowest BCUT2D eigenvalue weighted by Gasteiger charge is -2.10. The van der Waals surface area contributed by atoms with Crippen LogP contribution in [0.15, 0.2) is 30.7 Å². The molecule has 0 radical (unpaired) electrons. The molecule has 142 valence electrons. The van der Waals surface area contributed by atoms with E-state index in [-0.39, 0.29) is 12.5 Å². The highest BCUT2D eigenvalue weighted by molar-refractivity contribution is 5.89. The van der Waals surface area contributed by atoms with E-state index < -0.39 is 0 Å². The summed E-state index contributed by atoms with van der Waals surface area (Å²) < 4.78 is 3.38. The van der Waals surface area contributed by atoms with Gasteiger partial charge < -0.3 is 10.6 Å². The SMILES string of the molecule is CNc1nc(C)cc(-c2cnn(CC(=O)Nc3ccnn3CC(C)C)c2)n1. The van der Waals surface area contributed by atoms with E-state index in [4.69, 9.17) is 0 Å². The number of aromatic nitrogens is 6. The molecule has 27 heavy (non-hydrogen) atoms. The van der Waals surface area contributed by atoms with Gasteiger partial charge in [0.1, 0.15) is 12.4 Å². The van der Waals surface area contributed by atoms with Crippen LogP contribution in [0.3, 0.4) is 0 Å². The molecule has 3 aromatic rings. The summed E-state index contributed by atoms with van der Waals surface area (Å²) in [6.07, 6.45) is 5.17. The molecule has 0 saturated heterocycles. The molecule has 0 aromatic carbocycles. The van der Waals surface area contributed by atoms with Gasteiger partial charge >= 0.3 is 0 Å². The van der Waals surface area contributed by atoms with E-state index in [1.807, 2.05) is 13.0 Å². The Kier molecular flexibility index (Phi) is 5.49. The van der Waals surface area contributed by atoms with Crippen molar-refractivity contribution in [1.82, 2.24) is 29.5 Å². The normalized spacial score (nSPS) is 11.0. The van der Waals surface area contributed by atoms with E-state index in [1.54, 1.807) is 41.1 Å². The van der Waals surface area contributed by atoms with Gasteiger partial charge in [0, 0.05) is 37.1 Å². The third-order valence-corrected chi connectivity index (χ3v) is 3.83.